The van der Waals surface area contributed by atoms with E-state index in [1.54, 1.807) is 18.6 Å². The minimum absolute atomic E-state index is 0.658. The summed E-state index contributed by atoms with van der Waals surface area (Å²) in [5.74, 6) is 1.35. The Morgan fingerprint density at radius 3 is 2.56 bits per heavy atom. The quantitative estimate of drug-likeness (QED) is 0.259. The number of rotatable bonds is 7. The standard InChI is InChI=1S/C28H26N8/c1-17(2)5-10-32-21-11-20(13-30-14-21)19-3-4-24-22(12-19)27(36-35-24)28-33-25-16-31-15-23(26(25)34-28)18-6-8-29-9-7-18/h3-4,6-9,11-17,32H,5,10H2,1-2H3,(H,33,34)(H,35,36). The van der Waals surface area contributed by atoms with Crippen LogP contribution in [0.25, 0.3) is 55.7 Å². The Hall–Kier alpha value is -4.59. The molecule has 3 N–H and O–H groups in total. The summed E-state index contributed by atoms with van der Waals surface area (Å²) in [4.78, 5) is 21.3. The molecule has 5 aromatic heterocycles. The zero-order valence-electron chi connectivity index (χ0n) is 20.2. The number of aromatic nitrogens is 7. The fraction of sp³-hybridized carbons (Fsp3) is 0.179. The molecule has 0 bridgehead atoms. The first-order chi connectivity index (χ1) is 17.7. The van der Waals surface area contributed by atoms with Crippen molar-refractivity contribution in [1.29, 1.82) is 0 Å². The third-order valence-corrected chi connectivity index (χ3v) is 6.30. The number of imidazole rings is 1. The van der Waals surface area contributed by atoms with E-state index in [1.165, 1.54) is 0 Å². The summed E-state index contributed by atoms with van der Waals surface area (Å²) in [6, 6.07) is 12.3. The number of hydrogen-bond acceptors (Lipinski definition) is 6. The van der Waals surface area contributed by atoms with Gasteiger partial charge in [0.2, 0.25) is 0 Å². The Kier molecular flexibility index (Phi) is 5.61. The van der Waals surface area contributed by atoms with Crippen molar-refractivity contribution >= 4 is 27.6 Å². The lowest BCUT2D eigenvalue weighted by molar-refractivity contribution is 0.607. The summed E-state index contributed by atoms with van der Waals surface area (Å²) in [6.07, 6.45) is 12.0. The lowest BCUT2D eigenvalue weighted by Crippen LogP contribution is -2.04. The summed E-state index contributed by atoms with van der Waals surface area (Å²) in [6.45, 7) is 5.38. The van der Waals surface area contributed by atoms with Gasteiger partial charge in [-0.05, 0) is 53.8 Å². The maximum absolute atomic E-state index is 4.93. The number of anilines is 1. The minimum atomic E-state index is 0.658. The van der Waals surface area contributed by atoms with Crippen molar-refractivity contribution in [3.63, 3.8) is 0 Å². The highest BCUT2D eigenvalue weighted by atomic mass is 15.1. The average Bonchev–Trinajstić information content (AvgIpc) is 3.53. The van der Waals surface area contributed by atoms with Crippen LogP contribution in [-0.4, -0.2) is 41.7 Å². The molecule has 0 unspecified atom stereocenters. The average molecular weight is 475 g/mol. The van der Waals surface area contributed by atoms with Gasteiger partial charge in [-0.25, -0.2) is 4.98 Å². The van der Waals surface area contributed by atoms with Gasteiger partial charge < -0.3 is 10.3 Å². The van der Waals surface area contributed by atoms with E-state index in [2.05, 4.69) is 67.5 Å². The summed E-state index contributed by atoms with van der Waals surface area (Å²) in [7, 11) is 0. The number of hydrogen-bond donors (Lipinski definition) is 3. The normalized spacial score (nSPS) is 11.5. The molecule has 0 saturated heterocycles. The molecule has 0 aliphatic heterocycles. The highest BCUT2D eigenvalue weighted by Crippen LogP contribution is 2.33. The van der Waals surface area contributed by atoms with Gasteiger partial charge in [0.25, 0.3) is 0 Å². The SMILES string of the molecule is CC(C)CCNc1cncc(-c2ccc3[nH]nc(-c4nc5c(-c6ccncc6)cncc5[nH]4)c3c2)c1. The predicted octanol–water partition coefficient (Wildman–Crippen LogP) is 6.08. The minimum Gasteiger partial charge on any atom is -0.384 e. The molecule has 6 rings (SSSR count). The molecule has 36 heavy (non-hydrogen) atoms. The van der Waals surface area contributed by atoms with Crippen LogP contribution >= 0.6 is 0 Å². The Morgan fingerprint density at radius 1 is 0.833 bits per heavy atom. The van der Waals surface area contributed by atoms with E-state index < -0.39 is 0 Å². The molecule has 6 aromatic rings. The van der Waals surface area contributed by atoms with Gasteiger partial charge in [-0.15, -0.1) is 0 Å². The first-order valence-electron chi connectivity index (χ1n) is 12.1. The number of fused-ring (bicyclic) bond motifs is 2. The van der Waals surface area contributed by atoms with Gasteiger partial charge in [0, 0.05) is 54.0 Å². The van der Waals surface area contributed by atoms with Gasteiger partial charge in [0.15, 0.2) is 5.82 Å². The molecule has 8 nitrogen and oxygen atoms in total. The number of aromatic amines is 2. The van der Waals surface area contributed by atoms with E-state index >= 15 is 0 Å². The van der Waals surface area contributed by atoms with Crippen molar-refractivity contribution in [2.75, 3.05) is 11.9 Å². The van der Waals surface area contributed by atoms with Crippen LogP contribution in [0.3, 0.4) is 0 Å². The fourth-order valence-electron chi connectivity index (χ4n) is 4.36. The Morgan fingerprint density at radius 2 is 1.69 bits per heavy atom. The van der Waals surface area contributed by atoms with Crippen LogP contribution in [0, 0.1) is 5.92 Å². The maximum atomic E-state index is 4.93. The van der Waals surface area contributed by atoms with Gasteiger partial charge in [0.1, 0.15) is 5.69 Å². The third kappa shape index (κ3) is 4.17. The van der Waals surface area contributed by atoms with Crippen molar-refractivity contribution in [2.45, 2.75) is 20.3 Å². The zero-order valence-corrected chi connectivity index (χ0v) is 20.2. The molecule has 1 aromatic carbocycles. The van der Waals surface area contributed by atoms with E-state index in [1.807, 2.05) is 36.8 Å². The molecule has 0 radical (unpaired) electrons. The number of nitrogens with zero attached hydrogens (tertiary/aromatic N) is 5. The predicted molar refractivity (Wildman–Crippen MR) is 143 cm³/mol. The molecule has 0 saturated carbocycles. The molecule has 0 atom stereocenters. The van der Waals surface area contributed by atoms with E-state index in [0.717, 1.165) is 68.5 Å². The van der Waals surface area contributed by atoms with E-state index in [0.29, 0.717) is 11.7 Å². The Labute approximate surface area is 208 Å². The second-order valence-corrected chi connectivity index (χ2v) is 9.31. The number of benzene rings is 1. The summed E-state index contributed by atoms with van der Waals surface area (Å²) in [5, 5.41) is 12.2. The number of pyridine rings is 3. The van der Waals surface area contributed by atoms with Crippen LogP contribution in [0.1, 0.15) is 20.3 Å². The van der Waals surface area contributed by atoms with Crippen molar-refractivity contribution < 1.29 is 0 Å². The van der Waals surface area contributed by atoms with Crippen LogP contribution in [0.5, 0.6) is 0 Å². The molecule has 0 fully saturated rings. The Balaban J connectivity index is 1.38. The van der Waals surface area contributed by atoms with Gasteiger partial charge in [-0.3, -0.25) is 20.1 Å². The molecule has 5 heterocycles. The third-order valence-electron chi connectivity index (χ3n) is 6.30. The first kappa shape index (κ1) is 21.9. The van der Waals surface area contributed by atoms with Crippen molar-refractivity contribution in [2.24, 2.45) is 5.92 Å². The number of nitrogens with one attached hydrogen (secondary N) is 3. The van der Waals surface area contributed by atoms with Gasteiger partial charge in [-0.2, -0.15) is 5.10 Å². The number of H-pyrrole nitrogens is 2. The maximum Gasteiger partial charge on any atom is 0.159 e. The summed E-state index contributed by atoms with van der Waals surface area (Å²) in [5.41, 5.74) is 8.53. The van der Waals surface area contributed by atoms with Gasteiger partial charge in [-0.1, -0.05) is 19.9 Å². The van der Waals surface area contributed by atoms with E-state index in [4.69, 9.17) is 4.98 Å². The highest BCUT2D eigenvalue weighted by molar-refractivity contribution is 5.98. The molecule has 178 valence electrons. The lowest BCUT2D eigenvalue weighted by Gasteiger charge is -2.09. The molecule has 0 spiro atoms. The lowest BCUT2D eigenvalue weighted by atomic mass is 10.0. The zero-order chi connectivity index (χ0) is 24.5. The molecule has 0 aliphatic carbocycles. The molecule has 8 heteroatoms. The molecule has 0 aliphatic rings. The van der Waals surface area contributed by atoms with Crippen molar-refractivity contribution in [1.82, 2.24) is 35.1 Å². The summed E-state index contributed by atoms with van der Waals surface area (Å²) < 4.78 is 0. The van der Waals surface area contributed by atoms with Crippen LogP contribution in [0.2, 0.25) is 0 Å². The van der Waals surface area contributed by atoms with Crippen LogP contribution < -0.4 is 5.32 Å². The second-order valence-electron chi connectivity index (χ2n) is 9.31. The molecular weight excluding hydrogens is 448 g/mol. The van der Waals surface area contributed by atoms with Gasteiger partial charge in [0.05, 0.1) is 28.4 Å². The van der Waals surface area contributed by atoms with Crippen LogP contribution in [0.4, 0.5) is 5.69 Å². The van der Waals surface area contributed by atoms with Crippen molar-refractivity contribution in [3.8, 4) is 33.8 Å². The highest BCUT2D eigenvalue weighted by Gasteiger charge is 2.16. The van der Waals surface area contributed by atoms with E-state index in [9.17, 15) is 0 Å². The van der Waals surface area contributed by atoms with E-state index in [-0.39, 0.29) is 0 Å². The molecular formula is C28H26N8. The van der Waals surface area contributed by atoms with Crippen molar-refractivity contribution in [3.05, 3.63) is 73.6 Å². The Bertz CT molecular complexity index is 1650. The summed E-state index contributed by atoms with van der Waals surface area (Å²) >= 11 is 0. The second kappa shape index (κ2) is 9.22. The smallest absolute Gasteiger partial charge is 0.159 e. The topological polar surface area (TPSA) is 108 Å². The first-order valence-corrected chi connectivity index (χ1v) is 12.1. The molecule has 0 amide bonds. The van der Waals surface area contributed by atoms with Crippen LogP contribution in [-0.2, 0) is 0 Å². The van der Waals surface area contributed by atoms with Crippen LogP contribution in [0.15, 0.2) is 73.6 Å². The fourth-order valence-corrected chi connectivity index (χ4v) is 4.36. The van der Waals surface area contributed by atoms with Gasteiger partial charge >= 0.3 is 0 Å². The largest absolute Gasteiger partial charge is 0.384 e. The monoisotopic (exact) mass is 474 g/mol.